The minimum absolute atomic E-state index is 0.0488. The quantitative estimate of drug-likeness (QED) is 0.939. The van der Waals surface area contributed by atoms with Crippen molar-refractivity contribution in [3.8, 4) is 6.01 Å². The number of halogens is 2. The van der Waals surface area contributed by atoms with Crippen LogP contribution in [0.3, 0.4) is 0 Å². The van der Waals surface area contributed by atoms with E-state index in [0.717, 1.165) is 22.9 Å². The third kappa shape index (κ3) is 3.12. The van der Waals surface area contributed by atoms with Gasteiger partial charge in [-0.05, 0) is 42.7 Å². The van der Waals surface area contributed by atoms with E-state index in [4.69, 9.17) is 22.1 Å². The summed E-state index contributed by atoms with van der Waals surface area (Å²) in [6.07, 6.45) is 0.985. The van der Waals surface area contributed by atoms with Crippen LogP contribution in [-0.4, -0.2) is 9.97 Å². The lowest BCUT2D eigenvalue weighted by Gasteiger charge is -2.11. The van der Waals surface area contributed by atoms with Crippen molar-refractivity contribution in [1.82, 2.24) is 9.97 Å². The summed E-state index contributed by atoms with van der Waals surface area (Å²) in [7, 11) is 0. The lowest BCUT2D eigenvalue weighted by Crippen LogP contribution is -2.05. The van der Waals surface area contributed by atoms with E-state index in [1.165, 1.54) is 0 Å². The van der Waals surface area contributed by atoms with Crippen molar-refractivity contribution in [1.29, 1.82) is 0 Å². The second-order valence-corrected chi connectivity index (χ2v) is 4.63. The van der Waals surface area contributed by atoms with E-state index in [0.29, 0.717) is 5.02 Å². The highest BCUT2D eigenvalue weighted by molar-refractivity contribution is 6.30. The Labute approximate surface area is 115 Å². The minimum atomic E-state index is -0.661. The van der Waals surface area contributed by atoms with E-state index in [1.807, 2.05) is 26.0 Å². The summed E-state index contributed by atoms with van der Waals surface area (Å²) >= 11 is 5.95. The first kappa shape index (κ1) is 13.5. The smallest absolute Gasteiger partial charge is 0.318 e. The molecule has 0 aliphatic rings. The van der Waals surface area contributed by atoms with Gasteiger partial charge in [0, 0.05) is 5.02 Å². The Morgan fingerprint density at radius 1 is 1.32 bits per heavy atom. The maximum atomic E-state index is 12.9. The van der Waals surface area contributed by atoms with E-state index in [1.54, 1.807) is 0 Å². The van der Waals surface area contributed by atoms with Crippen LogP contribution in [0.4, 0.5) is 10.2 Å². The molecule has 0 spiro atoms. The highest BCUT2D eigenvalue weighted by Crippen LogP contribution is 2.21. The highest BCUT2D eigenvalue weighted by Gasteiger charge is 2.08. The first-order valence-corrected chi connectivity index (χ1v) is 6.01. The second kappa shape index (κ2) is 5.40. The van der Waals surface area contributed by atoms with Gasteiger partial charge in [0.15, 0.2) is 11.6 Å². The molecule has 4 nitrogen and oxygen atoms in total. The first-order valence-electron chi connectivity index (χ1n) is 5.64. The molecule has 2 rings (SSSR count). The summed E-state index contributed by atoms with van der Waals surface area (Å²) in [5.41, 5.74) is 8.37. The number of aryl methyl sites for hydroxylation is 2. The Balaban J connectivity index is 2.16. The maximum Gasteiger partial charge on any atom is 0.318 e. The predicted molar refractivity (Wildman–Crippen MR) is 71.7 cm³/mol. The summed E-state index contributed by atoms with van der Waals surface area (Å²) in [4.78, 5) is 7.42. The summed E-state index contributed by atoms with van der Waals surface area (Å²) in [5.74, 6) is -0.888. The van der Waals surface area contributed by atoms with Gasteiger partial charge in [-0.1, -0.05) is 11.6 Å². The van der Waals surface area contributed by atoms with Crippen molar-refractivity contribution < 1.29 is 9.13 Å². The molecule has 2 aromatic rings. The third-order valence-electron chi connectivity index (χ3n) is 2.76. The first-order chi connectivity index (χ1) is 8.97. The standard InChI is InChI=1S/C13H13ClFN3O/c1-7-3-9(14)4-8(2)10(7)6-19-13-17-5-11(15)12(16)18-13/h3-5H,6H2,1-2H3,(H2,16,17,18). The number of benzene rings is 1. The van der Waals surface area contributed by atoms with Crippen molar-refractivity contribution in [3.63, 3.8) is 0 Å². The fraction of sp³-hybridized carbons (Fsp3) is 0.231. The number of rotatable bonds is 3. The summed E-state index contributed by atoms with van der Waals surface area (Å²) in [5, 5.41) is 0.682. The number of hydrogen-bond acceptors (Lipinski definition) is 4. The maximum absolute atomic E-state index is 12.9. The normalized spacial score (nSPS) is 10.5. The fourth-order valence-electron chi connectivity index (χ4n) is 1.74. The fourth-order valence-corrected chi connectivity index (χ4v) is 2.07. The molecule has 0 saturated heterocycles. The van der Waals surface area contributed by atoms with Crippen LogP contribution in [0.25, 0.3) is 0 Å². The van der Waals surface area contributed by atoms with Gasteiger partial charge < -0.3 is 10.5 Å². The van der Waals surface area contributed by atoms with Crippen LogP contribution in [0, 0.1) is 19.7 Å². The SMILES string of the molecule is Cc1cc(Cl)cc(C)c1COc1ncc(F)c(N)n1. The number of nitrogens with zero attached hydrogens (tertiary/aromatic N) is 2. The van der Waals surface area contributed by atoms with E-state index < -0.39 is 5.82 Å². The van der Waals surface area contributed by atoms with Crippen LogP contribution in [0.2, 0.25) is 5.02 Å². The lowest BCUT2D eigenvalue weighted by molar-refractivity contribution is 0.278. The average Bonchev–Trinajstić information content (AvgIpc) is 2.32. The molecule has 0 aliphatic heterocycles. The van der Waals surface area contributed by atoms with E-state index in [2.05, 4.69) is 9.97 Å². The topological polar surface area (TPSA) is 61.0 Å². The van der Waals surface area contributed by atoms with Gasteiger partial charge in [-0.25, -0.2) is 9.37 Å². The van der Waals surface area contributed by atoms with Crippen molar-refractivity contribution in [2.24, 2.45) is 0 Å². The summed E-state index contributed by atoms with van der Waals surface area (Å²) in [6, 6.07) is 3.76. The van der Waals surface area contributed by atoms with Crippen molar-refractivity contribution in [3.05, 3.63) is 45.9 Å². The van der Waals surface area contributed by atoms with Crippen LogP contribution in [-0.2, 0) is 6.61 Å². The Morgan fingerprint density at radius 3 is 2.53 bits per heavy atom. The molecule has 0 aliphatic carbocycles. The van der Waals surface area contributed by atoms with Crippen LogP contribution < -0.4 is 10.5 Å². The van der Waals surface area contributed by atoms with Gasteiger partial charge >= 0.3 is 6.01 Å². The van der Waals surface area contributed by atoms with Crippen LogP contribution >= 0.6 is 11.6 Å². The Hall–Kier alpha value is -1.88. The third-order valence-corrected chi connectivity index (χ3v) is 2.97. The molecule has 1 aromatic heterocycles. The molecule has 0 bridgehead atoms. The van der Waals surface area contributed by atoms with Gasteiger partial charge in [0.1, 0.15) is 6.61 Å². The zero-order chi connectivity index (χ0) is 14.0. The lowest BCUT2D eigenvalue weighted by atomic mass is 10.0. The van der Waals surface area contributed by atoms with Crippen LogP contribution in [0.5, 0.6) is 6.01 Å². The number of nitrogen functional groups attached to an aromatic ring is 1. The van der Waals surface area contributed by atoms with Gasteiger partial charge in [0.2, 0.25) is 0 Å². The number of hydrogen-bond donors (Lipinski definition) is 1. The molecule has 100 valence electrons. The molecule has 1 aromatic carbocycles. The molecule has 6 heteroatoms. The van der Waals surface area contributed by atoms with Crippen LogP contribution in [0.15, 0.2) is 18.3 Å². The zero-order valence-electron chi connectivity index (χ0n) is 10.6. The van der Waals surface area contributed by atoms with Gasteiger partial charge in [-0.3, -0.25) is 0 Å². The Bertz CT molecular complexity index is 596. The summed E-state index contributed by atoms with van der Waals surface area (Å²) in [6.45, 7) is 4.16. The summed E-state index contributed by atoms with van der Waals surface area (Å²) < 4.78 is 18.3. The Morgan fingerprint density at radius 2 is 1.95 bits per heavy atom. The Kier molecular flexibility index (Phi) is 3.85. The monoisotopic (exact) mass is 281 g/mol. The van der Waals surface area contributed by atoms with E-state index in [9.17, 15) is 4.39 Å². The number of nitrogens with two attached hydrogens (primary N) is 1. The molecule has 0 atom stereocenters. The van der Waals surface area contributed by atoms with Gasteiger partial charge in [-0.15, -0.1) is 0 Å². The van der Waals surface area contributed by atoms with Gasteiger partial charge in [-0.2, -0.15) is 4.98 Å². The predicted octanol–water partition coefficient (Wildman–Crippen LogP) is 3.05. The van der Waals surface area contributed by atoms with E-state index >= 15 is 0 Å². The van der Waals surface area contributed by atoms with Crippen molar-refractivity contribution >= 4 is 17.4 Å². The minimum Gasteiger partial charge on any atom is -0.459 e. The highest BCUT2D eigenvalue weighted by atomic mass is 35.5. The molecular weight excluding hydrogens is 269 g/mol. The average molecular weight is 282 g/mol. The molecule has 0 fully saturated rings. The molecule has 2 N–H and O–H groups in total. The molecule has 0 radical (unpaired) electrons. The molecule has 19 heavy (non-hydrogen) atoms. The molecular formula is C13H13ClFN3O. The number of anilines is 1. The van der Waals surface area contributed by atoms with Gasteiger partial charge in [0.25, 0.3) is 0 Å². The molecule has 0 amide bonds. The second-order valence-electron chi connectivity index (χ2n) is 4.19. The van der Waals surface area contributed by atoms with Crippen molar-refractivity contribution in [2.45, 2.75) is 20.5 Å². The van der Waals surface area contributed by atoms with Crippen molar-refractivity contribution in [2.75, 3.05) is 5.73 Å². The number of ether oxygens (including phenoxy) is 1. The molecule has 0 unspecified atom stereocenters. The van der Waals surface area contributed by atoms with E-state index in [-0.39, 0.29) is 18.4 Å². The van der Waals surface area contributed by atoms with Crippen LogP contribution in [0.1, 0.15) is 16.7 Å². The largest absolute Gasteiger partial charge is 0.459 e. The zero-order valence-corrected chi connectivity index (χ0v) is 11.3. The molecule has 0 saturated carbocycles. The van der Waals surface area contributed by atoms with Gasteiger partial charge in [0.05, 0.1) is 6.20 Å². The number of aromatic nitrogens is 2. The molecule has 1 heterocycles.